The number of hydrogen-bond acceptors (Lipinski definition) is 5. The number of pyridine rings is 1. The SMILES string of the molecule is COCCN(c1cc(C(=O)OC)ccn1)C(C)C1CC1. The van der Waals surface area contributed by atoms with Gasteiger partial charge in [-0.25, -0.2) is 9.78 Å². The van der Waals surface area contributed by atoms with Crippen molar-refractivity contribution in [3.05, 3.63) is 23.9 Å². The lowest BCUT2D eigenvalue weighted by Crippen LogP contribution is -2.38. The molecule has 0 bridgehead atoms. The number of carbonyl (C=O) groups is 1. The van der Waals surface area contributed by atoms with Crippen LogP contribution < -0.4 is 4.90 Å². The first-order chi connectivity index (χ1) is 9.67. The Hall–Kier alpha value is -1.62. The van der Waals surface area contributed by atoms with Crippen LogP contribution in [0.1, 0.15) is 30.1 Å². The molecule has 5 heteroatoms. The maximum Gasteiger partial charge on any atom is 0.338 e. The Labute approximate surface area is 119 Å². The number of hydrogen-bond donors (Lipinski definition) is 0. The minimum atomic E-state index is -0.334. The highest BCUT2D eigenvalue weighted by Crippen LogP contribution is 2.36. The molecule has 1 aromatic rings. The molecule has 1 aliphatic rings. The summed E-state index contributed by atoms with van der Waals surface area (Å²) in [5, 5.41) is 0. The summed E-state index contributed by atoms with van der Waals surface area (Å²) in [6.07, 6.45) is 4.18. The van der Waals surface area contributed by atoms with Crippen LogP contribution in [0.2, 0.25) is 0 Å². The van der Waals surface area contributed by atoms with Crippen LogP contribution in [0.4, 0.5) is 5.82 Å². The molecule has 1 fully saturated rings. The fraction of sp³-hybridized carbons (Fsp3) is 0.600. The second-order valence-corrected chi connectivity index (χ2v) is 5.16. The molecule has 0 radical (unpaired) electrons. The summed E-state index contributed by atoms with van der Waals surface area (Å²) < 4.78 is 9.94. The summed E-state index contributed by atoms with van der Waals surface area (Å²) in [7, 11) is 3.08. The standard InChI is InChI=1S/C15H22N2O3/c1-11(12-4-5-12)17(8-9-19-2)14-10-13(6-7-16-14)15(18)20-3/h6-7,10-12H,4-5,8-9H2,1-3H3. The van der Waals surface area contributed by atoms with E-state index in [0.29, 0.717) is 18.2 Å². The molecule has 0 aromatic carbocycles. The van der Waals surface area contributed by atoms with Crippen LogP contribution in [-0.4, -0.2) is 44.4 Å². The Morgan fingerprint density at radius 2 is 2.25 bits per heavy atom. The van der Waals surface area contributed by atoms with Crippen molar-refractivity contribution >= 4 is 11.8 Å². The van der Waals surface area contributed by atoms with Crippen LogP contribution in [0.3, 0.4) is 0 Å². The van der Waals surface area contributed by atoms with Crippen molar-refractivity contribution in [2.75, 3.05) is 32.3 Å². The maximum absolute atomic E-state index is 11.6. The summed E-state index contributed by atoms with van der Waals surface area (Å²) in [6, 6.07) is 3.87. The van der Waals surface area contributed by atoms with Gasteiger partial charge in [0.05, 0.1) is 19.3 Å². The number of rotatable bonds is 7. The van der Waals surface area contributed by atoms with Crippen LogP contribution in [-0.2, 0) is 9.47 Å². The third kappa shape index (κ3) is 3.48. The van der Waals surface area contributed by atoms with E-state index < -0.39 is 0 Å². The lowest BCUT2D eigenvalue weighted by Gasteiger charge is -2.30. The smallest absolute Gasteiger partial charge is 0.338 e. The van der Waals surface area contributed by atoms with Crippen molar-refractivity contribution in [3.63, 3.8) is 0 Å². The molecule has 1 aliphatic carbocycles. The number of aromatic nitrogens is 1. The molecule has 0 amide bonds. The Morgan fingerprint density at radius 3 is 2.85 bits per heavy atom. The van der Waals surface area contributed by atoms with E-state index in [1.165, 1.54) is 20.0 Å². The maximum atomic E-state index is 11.6. The van der Waals surface area contributed by atoms with Crippen molar-refractivity contribution in [3.8, 4) is 0 Å². The van der Waals surface area contributed by atoms with Crippen LogP contribution in [0.15, 0.2) is 18.3 Å². The van der Waals surface area contributed by atoms with Gasteiger partial charge in [-0.3, -0.25) is 0 Å². The summed E-state index contributed by atoms with van der Waals surface area (Å²) in [6.45, 7) is 3.62. The average Bonchev–Trinajstić information content (AvgIpc) is 3.31. The predicted octanol–water partition coefficient (Wildman–Crippen LogP) is 2.12. The van der Waals surface area contributed by atoms with Gasteiger partial charge in [-0.1, -0.05) is 0 Å². The highest BCUT2D eigenvalue weighted by molar-refractivity contribution is 5.90. The van der Waals surface area contributed by atoms with Crippen LogP contribution in [0.5, 0.6) is 0 Å². The minimum Gasteiger partial charge on any atom is -0.465 e. The Morgan fingerprint density at radius 1 is 1.50 bits per heavy atom. The molecule has 1 atom stereocenters. The number of ether oxygens (including phenoxy) is 2. The van der Waals surface area contributed by atoms with Crippen molar-refractivity contribution < 1.29 is 14.3 Å². The normalized spacial score (nSPS) is 15.8. The van der Waals surface area contributed by atoms with Gasteiger partial charge in [-0.05, 0) is 37.8 Å². The topological polar surface area (TPSA) is 51.7 Å². The first-order valence-electron chi connectivity index (χ1n) is 6.97. The molecule has 5 nitrogen and oxygen atoms in total. The molecule has 1 saturated carbocycles. The van der Waals surface area contributed by atoms with E-state index >= 15 is 0 Å². The van der Waals surface area contributed by atoms with Crippen LogP contribution in [0.25, 0.3) is 0 Å². The van der Waals surface area contributed by atoms with Gasteiger partial charge in [0.15, 0.2) is 0 Å². The highest BCUT2D eigenvalue weighted by atomic mass is 16.5. The van der Waals surface area contributed by atoms with Gasteiger partial charge in [-0.2, -0.15) is 0 Å². The minimum absolute atomic E-state index is 0.334. The summed E-state index contributed by atoms with van der Waals surface area (Å²) in [5.74, 6) is 1.19. The number of esters is 1. The van der Waals surface area contributed by atoms with Crippen molar-refractivity contribution in [1.82, 2.24) is 4.98 Å². The van der Waals surface area contributed by atoms with Gasteiger partial charge in [0, 0.05) is 25.9 Å². The van der Waals surface area contributed by atoms with Crippen molar-refractivity contribution in [2.45, 2.75) is 25.8 Å². The first-order valence-corrected chi connectivity index (χ1v) is 6.97. The monoisotopic (exact) mass is 278 g/mol. The average molecular weight is 278 g/mol. The van der Waals surface area contributed by atoms with Gasteiger partial charge in [0.1, 0.15) is 5.82 Å². The number of carbonyl (C=O) groups excluding carboxylic acids is 1. The van der Waals surface area contributed by atoms with Crippen LogP contribution in [0, 0.1) is 5.92 Å². The van der Waals surface area contributed by atoms with Gasteiger partial charge >= 0.3 is 5.97 Å². The van der Waals surface area contributed by atoms with E-state index in [1.54, 1.807) is 25.4 Å². The molecule has 2 rings (SSSR count). The summed E-state index contributed by atoms with van der Waals surface area (Å²) >= 11 is 0. The molecule has 1 unspecified atom stereocenters. The zero-order valence-corrected chi connectivity index (χ0v) is 12.3. The molecule has 0 aliphatic heterocycles. The third-order valence-electron chi connectivity index (χ3n) is 3.79. The van der Waals surface area contributed by atoms with Gasteiger partial charge in [0.2, 0.25) is 0 Å². The van der Waals surface area contributed by atoms with E-state index in [1.807, 2.05) is 0 Å². The van der Waals surface area contributed by atoms with Gasteiger partial charge in [0.25, 0.3) is 0 Å². The Balaban J connectivity index is 2.20. The number of nitrogens with zero attached hydrogens (tertiary/aromatic N) is 2. The zero-order chi connectivity index (χ0) is 14.5. The van der Waals surface area contributed by atoms with Gasteiger partial charge < -0.3 is 14.4 Å². The second-order valence-electron chi connectivity index (χ2n) is 5.16. The Bertz CT molecular complexity index is 460. The molecule has 110 valence electrons. The van der Waals surface area contributed by atoms with E-state index in [2.05, 4.69) is 16.8 Å². The molecular formula is C15H22N2O3. The lowest BCUT2D eigenvalue weighted by atomic mass is 10.1. The second kappa shape index (κ2) is 6.70. The molecule has 20 heavy (non-hydrogen) atoms. The number of anilines is 1. The lowest BCUT2D eigenvalue weighted by molar-refractivity contribution is 0.0600. The Kier molecular flexibility index (Phi) is 4.95. The van der Waals surface area contributed by atoms with E-state index in [0.717, 1.165) is 18.3 Å². The number of methoxy groups -OCH3 is 2. The summed E-state index contributed by atoms with van der Waals surface area (Å²) in [5.41, 5.74) is 0.530. The third-order valence-corrected chi connectivity index (χ3v) is 3.79. The quantitative estimate of drug-likeness (QED) is 0.715. The molecule has 0 spiro atoms. The summed E-state index contributed by atoms with van der Waals surface area (Å²) in [4.78, 5) is 18.2. The van der Waals surface area contributed by atoms with Crippen molar-refractivity contribution in [1.29, 1.82) is 0 Å². The predicted molar refractivity (Wildman–Crippen MR) is 77.0 cm³/mol. The van der Waals surface area contributed by atoms with Gasteiger partial charge in [-0.15, -0.1) is 0 Å². The fourth-order valence-corrected chi connectivity index (χ4v) is 2.37. The van der Waals surface area contributed by atoms with E-state index in [-0.39, 0.29) is 5.97 Å². The van der Waals surface area contributed by atoms with Crippen molar-refractivity contribution in [2.24, 2.45) is 5.92 Å². The largest absolute Gasteiger partial charge is 0.465 e. The van der Waals surface area contributed by atoms with E-state index in [4.69, 9.17) is 9.47 Å². The highest BCUT2D eigenvalue weighted by Gasteiger charge is 2.32. The zero-order valence-electron chi connectivity index (χ0n) is 12.3. The molecular weight excluding hydrogens is 256 g/mol. The molecule has 1 aromatic heterocycles. The molecule has 0 saturated heterocycles. The molecule has 1 heterocycles. The fourth-order valence-electron chi connectivity index (χ4n) is 2.37. The molecule has 0 N–H and O–H groups in total. The first kappa shape index (κ1) is 14.8. The van der Waals surface area contributed by atoms with E-state index in [9.17, 15) is 4.79 Å². The van der Waals surface area contributed by atoms with Crippen LogP contribution >= 0.6 is 0 Å².